The van der Waals surface area contributed by atoms with Crippen LogP contribution in [0.15, 0.2) is 66.1 Å². The van der Waals surface area contributed by atoms with Crippen LogP contribution in [0.2, 0.25) is 0 Å². The number of hydrogen-bond donors (Lipinski definition) is 0. The van der Waals surface area contributed by atoms with Crippen molar-refractivity contribution in [3.8, 4) is 11.4 Å². The van der Waals surface area contributed by atoms with Crippen LogP contribution in [-0.2, 0) is 10.3 Å². The number of aliphatic imine (C=N–C) groups is 1. The van der Waals surface area contributed by atoms with Crippen LogP contribution in [0.25, 0.3) is 11.8 Å². The van der Waals surface area contributed by atoms with Crippen LogP contribution in [0.1, 0.15) is 23.2 Å². The maximum atomic E-state index is 13.5. The SMILES string of the molecule is COc1cc(/C=C/C2=NCC3(c4ccc(F)cc4)CCOC(=O)N23)ccc1-n1cnc(C)c1. The summed E-state index contributed by atoms with van der Waals surface area (Å²) < 4.78 is 26.3. The Kier molecular flexibility index (Phi) is 5.20. The number of carbonyl (C=O) groups excluding carboxylic acids is 1. The minimum Gasteiger partial charge on any atom is -0.495 e. The molecule has 2 aliphatic rings. The number of amides is 1. The molecule has 8 heteroatoms. The minimum atomic E-state index is -0.663. The van der Waals surface area contributed by atoms with Gasteiger partial charge in [0.15, 0.2) is 0 Å². The highest BCUT2D eigenvalue weighted by Crippen LogP contribution is 2.40. The molecule has 1 atom stereocenters. The lowest BCUT2D eigenvalue weighted by atomic mass is 9.85. The zero-order valence-corrected chi connectivity index (χ0v) is 18.4. The summed E-state index contributed by atoms with van der Waals surface area (Å²) in [5, 5.41) is 0. The Bertz CT molecular complexity index is 1260. The van der Waals surface area contributed by atoms with E-state index in [1.807, 2.05) is 42.0 Å². The first kappa shape index (κ1) is 20.9. The van der Waals surface area contributed by atoms with Crippen molar-refractivity contribution in [2.45, 2.75) is 18.9 Å². The monoisotopic (exact) mass is 446 g/mol. The molecule has 0 bridgehead atoms. The average molecular weight is 446 g/mol. The first-order valence-electron chi connectivity index (χ1n) is 10.6. The van der Waals surface area contributed by atoms with Crippen LogP contribution in [0, 0.1) is 12.7 Å². The number of halogens is 1. The highest BCUT2D eigenvalue weighted by atomic mass is 19.1. The molecule has 1 amide bonds. The van der Waals surface area contributed by atoms with Gasteiger partial charge in [-0.1, -0.05) is 24.3 Å². The quantitative estimate of drug-likeness (QED) is 0.579. The summed E-state index contributed by atoms with van der Waals surface area (Å²) in [6, 6.07) is 12.1. The Balaban J connectivity index is 1.44. The fourth-order valence-corrected chi connectivity index (χ4v) is 4.39. The van der Waals surface area contributed by atoms with Gasteiger partial charge in [0, 0.05) is 12.6 Å². The highest BCUT2D eigenvalue weighted by molar-refractivity contribution is 6.07. The van der Waals surface area contributed by atoms with Gasteiger partial charge in [0.1, 0.15) is 22.9 Å². The van der Waals surface area contributed by atoms with Gasteiger partial charge in [-0.15, -0.1) is 0 Å². The Morgan fingerprint density at radius 1 is 1.18 bits per heavy atom. The number of nitrogens with zero attached hydrogens (tertiary/aromatic N) is 4. The van der Waals surface area contributed by atoms with Crippen molar-refractivity contribution < 1.29 is 18.7 Å². The first-order chi connectivity index (χ1) is 16.0. The van der Waals surface area contributed by atoms with Crippen LogP contribution in [-0.4, -0.2) is 46.6 Å². The van der Waals surface area contributed by atoms with Crippen LogP contribution < -0.4 is 4.74 Å². The number of imidazole rings is 1. The third kappa shape index (κ3) is 3.67. The first-order valence-corrected chi connectivity index (χ1v) is 10.6. The van der Waals surface area contributed by atoms with Crippen molar-refractivity contribution >= 4 is 18.0 Å². The van der Waals surface area contributed by atoms with Gasteiger partial charge in [0.05, 0.1) is 38.0 Å². The van der Waals surface area contributed by atoms with Gasteiger partial charge < -0.3 is 14.0 Å². The number of methoxy groups -OCH3 is 1. The number of aryl methyl sites for hydroxylation is 1. The lowest BCUT2D eigenvalue weighted by Gasteiger charge is -2.41. The van der Waals surface area contributed by atoms with E-state index in [1.54, 1.807) is 36.5 Å². The standard InChI is InChI=1S/C25H23FN4O3/c1-17-14-29(16-28-17)21-9-3-18(13-22(21)32-2)4-10-23-27-15-25(11-12-33-24(31)30(23)25)19-5-7-20(26)8-6-19/h3-10,13-14,16H,11-12,15H2,1-2H3/b10-4+. The normalized spacial score (nSPS) is 20.0. The molecule has 1 fully saturated rings. The molecule has 3 heterocycles. The number of benzene rings is 2. The van der Waals surface area contributed by atoms with E-state index in [0.717, 1.165) is 22.5 Å². The average Bonchev–Trinajstić information content (AvgIpc) is 3.43. The molecule has 1 aromatic heterocycles. The summed E-state index contributed by atoms with van der Waals surface area (Å²) in [6.45, 7) is 2.63. The van der Waals surface area contributed by atoms with Gasteiger partial charge in [-0.3, -0.25) is 4.99 Å². The molecule has 0 spiro atoms. The second kappa shape index (κ2) is 8.20. The predicted octanol–water partition coefficient (Wildman–Crippen LogP) is 4.49. The van der Waals surface area contributed by atoms with E-state index in [0.29, 0.717) is 31.2 Å². The maximum absolute atomic E-state index is 13.5. The molecule has 0 N–H and O–H groups in total. The van der Waals surface area contributed by atoms with Crippen molar-refractivity contribution in [1.82, 2.24) is 14.5 Å². The molecule has 2 aliphatic heterocycles. The Labute approximate surface area is 190 Å². The molecule has 5 rings (SSSR count). The van der Waals surface area contributed by atoms with E-state index in [9.17, 15) is 9.18 Å². The molecule has 0 aliphatic carbocycles. The zero-order chi connectivity index (χ0) is 23.0. The van der Waals surface area contributed by atoms with E-state index in [1.165, 1.54) is 12.1 Å². The van der Waals surface area contributed by atoms with Crippen molar-refractivity contribution in [2.75, 3.05) is 20.3 Å². The number of hydrogen-bond acceptors (Lipinski definition) is 5. The third-order valence-electron chi connectivity index (χ3n) is 6.08. The van der Waals surface area contributed by atoms with Crippen LogP contribution in [0.3, 0.4) is 0 Å². The molecule has 33 heavy (non-hydrogen) atoms. The number of cyclic esters (lactones) is 1. The number of rotatable bonds is 5. The summed E-state index contributed by atoms with van der Waals surface area (Å²) in [4.78, 5) is 23.2. The van der Waals surface area contributed by atoms with Gasteiger partial charge in [0.25, 0.3) is 0 Å². The number of carbonyl (C=O) groups is 1. The molecule has 168 valence electrons. The Morgan fingerprint density at radius 3 is 2.73 bits per heavy atom. The van der Waals surface area contributed by atoms with Crippen LogP contribution in [0.5, 0.6) is 5.75 Å². The summed E-state index contributed by atoms with van der Waals surface area (Å²) in [6.07, 6.45) is 7.48. The van der Waals surface area contributed by atoms with Gasteiger partial charge in [-0.25, -0.2) is 19.1 Å². The fourth-order valence-electron chi connectivity index (χ4n) is 4.39. The Morgan fingerprint density at radius 2 is 2.00 bits per heavy atom. The summed E-state index contributed by atoms with van der Waals surface area (Å²) >= 11 is 0. The number of amidine groups is 1. The molecule has 0 radical (unpaired) electrons. The molecule has 0 saturated carbocycles. The largest absolute Gasteiger partial charge is 0.495 e. The Hall–Kier alpha value is -3.94. The van der Waals surface area contributed by atoms with Gasteiger partial charge >= 0.3 is 6.09 Å². The highest BCUT2D eigenvalue weighted by Gasteiger charge is 2.50. The molecular formula is C25H23FN4O3. The number of ether oxygens (including phenoxy) is 2. The van der Waals surface area contributed by atoms with Crippen molar-refractivity contribution in [1.29, 1.82) is 0 Å². The second-order valence-corrected chi connectivity index (χ2v) is 8.10. The summed E-state index contributed by atoms with van der Waals surface area (Å²) in [5.74, 6) is 0.889. The molecule has 1 saturated heterocycles. The molecule has 7 nitrogen and oxygen atoms in total. The topological polar surface area (TPSA) is 69.0 Å². The lowest BCUT2D eigenvalue weighted by molar-refractivity contribution is 0.0405. The number of aromatic nitrogens is 2. The van der Waals surface area contributed by atoms with E-state index < -0.39 is 11.6 Å². The summed E-state index contributed by atoms with van der Waals surface area (Å²) in [5.41, 5.74) is 2.86. The van der Waals surface area contributed by atoms with Gasteiger partial charge in [0.2, 0.25) is 0 Å². The van der Waals surface area contributed by atoms with Crippen LogP contribution in [0.4, 0.5) is 9.18 Å². The third-order valence-corrected chi connectivity index (χ3v) is 6.08. The van der Waals surface area contributed by atoms with E-state index in [4.69, 9.17) is 9.47 Å². The van der Waals surface area contributed by atoms with E-state index in [2.05, 4.69) is 9.98 Å². The van der Waals surface area contributed by atoms with E-state index in [-0.39, 0.29) is 5.82 Å². The van der Waals surface area contributed by atoms with E-state index >= 15 is 0 Å². The molecule has 1 unspecified atom stereocenters. The minimum absolute atomic E-state index is 0.297. The fraction of sp³-hybridized carbons (Fsp3) is 0.240. The molecule has 2 aromatic carbocycles. The summed E-state index contributed by atoms with van der Waals surface area (Å²) in [7, 11) is 1.62. The molecular weight excluding hydrogens is 423 g/mol. The number of fused-ring (bicyclic) bond motifs is 1. The predicted molar refractivity (Wildman–Crippen MR) is 122 cm³/mol. The lowest BCUT2D eigenvalue weighted by Crippen LogP contribution is -2.54. The van der Waals surface area contributed by atoms with Crippen molar-refractivity contribution in [3.63, 3.8) is 0 Å². The van der Waals surface area contributed by atoms with Gasteiger partial charge in [-0.2, -0.15) is 0 Å². The second-order valence-electron chi connectivity index (χ2n) is 8.10. The maximum Gasteiger partial charge on any atom is 0.416 e. The van der Waals surface area contributed by atoms with Crippen molar-refractivity contribution in [3.05, 3.63) is 83.7 Å². The smallest absolute Gasteiger partial charge is 0.416 e. The van der Waals surface area contributed by atoms with Crippen molar-refractivity contribution in [2.24, 2.45) is 4.99 Å². The molecule has 3 aromatic rings. The van der Waals surface area contributed by atoms with Crippen LogP contribution >= 0.6 is 0 Å². The zero-order valence-electron chi connectivity index (χ0n) is 18.4. The van der Waals surface area contributed by atoms with Gasteiger partial charge in [-0.05, 0) is 48.4 Å².